The predicted octanol–water partition coefficient (Wildman–Crippen LogP) is 1.19. The van der Waals surface area contributed by atoms with Crippen molar-refractivity contribution in [2.75, 3.05) is 39.3 Å². The van der Waals surface area contributed by atoms with Crippen LogP contribution in [0.2, 0.25) is 0 Å². The van der Waals surface area contributed by atoms with E-state index in [1.54, 1.807) is 4.90 Å². The number of nitrogens with zero attached hydrogens (tertiary/aromatic N) is 2. The second-order valence-electron chi connectivity index (χ2n) is 5.19. The van der Waals surface area contributed by atoms with Gasteiger partial charge in [-0.15, -0.1) is 0 Å². The first-order valence-electron chi connectivity index (χ1n) is 7.17. The number of hydrogen-bond donors (Lipinski definition) is 1. The van der Waals surface area contributed by atoms with Crippen molar-refractivity contribution in [1.29, 1.82) is 0 Å². The third-order valence-corrected chi connectivity index (χ3v) is 3.61. The fraction of sp³-hybridized carbons (Fsp3) is 0.438. The van der Waals surface area contributed by atoms with Gasteiger partial charge in [0.25, 0.3) is 0 Å². The maximum absolute atomic E-state index is 12.4. The molecular formula is C16H17F3N2O2. The van der Waals surface area contributed by atoms with Crippen LogP contribution in [0.15, 0.2) is 24.3 Å². The summed E-state index contributed by atoms with van der Waals surface area (Å²) in [6, 6.07) is 4.74. The highest BCUT2D eigenvalue weighted by molar-refractivity contribution is 5.77. The van der Waals surface area contributed by atoms with Gasteiger partial charge in [-0.1, -0.05) is 11.8 Å². The van der Waals surface area contributed by atoms with Gasteiger partial charge >= 0.3 is 6.18 Å². The topological polar surface area (TPSA) is 43.8 Å². The monoisotopic (exact) mass is 326 g/mol. The highest BCUT2D eigenvalue weighted by Gasteiger charge is 2.29. The summed E-state index contributed by atoms with van der Waals surface area (Å²) in [6.07, 6.45) is -4.34. The Morgan fingerprint density at radius 1 is 1.13 bits per heavy atom. The lowest BCUT2D eigenvalue weighted by atomic mass is 10.1. The van der Waals surface area contributed by atoms with Crippen LogP contribution in [0.5, 0.6) is 0 Å². The summed E-state index contributed by atoms with van der Waals surface area (Å²) in [5, 5.41) is 8.79. The Kier molecular flexibility index (Phi) is 5.64. The smallest absolute Gasteiger partial charge is 0.387 e. The summed E-state index contributed by atoms with van der Waals surface area (Å²) < 4.78 is 37.3. The molecule has 7 heteroatoms. The Labute approximate surface area is 132 Å². The third kappa shape index (κ3) is 4.98. The molecule has 0 aliphatic carbocycles. The Morgan fingerprint density at radius 2 is 1.74 bits per heavy atom. The molecule has 0 saturated carbocycles. The lowest BCUT2D eigenvalue weighted by Crippen LogP contribution is -2.49. The number of carbonyl (C=O) groups is 1. The van der Waals surface area contributed by atoms with E-state index in [-0.39, 0.29) is 5.91 Å². The van der Waals surface area contributed by atoms with Crippen LogP contribution in [0.25, 0.3) is 0 Å². The van der Waals surface area contributed by atoms with Crippen LogP contribution < -0.4 is 0 Å². The minimum Gasteiger partial charge on any atom is -0.387 e. The highest BCUT2D eigenvalue weighted by atomic mass is 19.4. The van der Waals surface area contributed by atoms with E-state index >= 15 is 0 Å². The summed E-state index contributed by atoms with van der Waals surface area (Å²) in [5.41, 5.74) is -0.153. The molecule has 0 radical (unpaired) electrons. The molecule has 1 aliphatic rings. The highest BCUT2D eigenvalue weighted by Crippen LogP contribution is 2.28. The molecule has 23 heavy (non-hydrogen) atoms. The summed E-state index contributed by atoms with van der Waals surface area (Å²) in [5.74, 6) is 5.49. The minimum atomic E-state index is -4.34. The van der Waals surface area contributed by atoms with Crippen LogP contribution >= 0.6 is 0 Å². The number of hydrogen-bond acceptors (Lipinski definition) is 3. The summed E-state index contributed by atoms with van der Waals surface area (Å²) >= 11 is 0. The van der Waals surface area contributed by atoms with Crippen molar-refractivity contribution in [2.45, 2.75) is 6.18 Å². The average molecular weight is 326 g/mol. The van der Waals surface area contributed by atoms with Crippen molar-refractivity contribution in [2.24, 2.45) is 0 Å². The molecule has 2 rings (SSSR count). The number of alkyl halides is 3. The maximum atomic E-state index is 12.4. The first-order chi connectivity index (χ1) is 10.9. The van der Waals surface area contributed by atoms with Crippen molar-refractivity contribution in [3.05, 3.63) is 35.4 Å². The Morgan fingerprint density at radius 3 is 2.26 bits per heavy atom. The van der Waals surface area contributed by atoms with Crippen LogP contribution in [0.3, 0.4) is 0 Å². The molecule has 1 heterocycles. The average Bonchev–Trinajstić information content (AvgIpc) is 2.54. The van der Waals surface area contributed by atoms with E-state index in [0.29, 0.717) is 38.3 Å². The van der Waals surface area contributed by atoms with Gasteiger partial charge in [0.05, 0.1) is 12.1 Å². The lowest BCUT2D eigenvalue weighted by Gasteiger charge is -2.33. The molecule has 1 fully saturated rings. The van der Waals surface area contributed by atoms with E-state index in [0.717, 1.165) is 12.1 Å². The van der Waals surface area contributed by atoms with Gasteiger partial charge in [-0.25, -0.2) is 0 Å². The predicted molar refractivity (Wildman–Crippen MR) is 78.4 cm³/mol. The SMILES string of the molecule is O=C(CO)N1CCN(CC#Cc2ccc(C(F)(F)F)cc2)CC1. The van der Waals surface area contributed by atoms with Crippen LogP contribution in [-0.4, -0.2) is 60.1 Å². The molecule has 0 aromatic heterocycles. The third-order valence-electron chi connectivity index (χ3n) is 3.61. The number of carbonyl (C=O) groups excluding carboxylic acids is 1. The molecule has 1 aliphatic heterocycles. The molecule has 1 amide bonds. The number of rotatable bonds is 2. The van der Waals surface area contributed by atoms with Crippen LogP contribution in [0.1, 0.15) is 11.1 Å². The fourth-order valence-electron chi connectivity index (χ4n) is 2.25. The van der Waals surface area contributed by atoms with E-state index < -0.39 is 18.3 Å². The Balaban J connectivity index is 1.84. The summed E-state index contributed by atoms with van der Waals surface area (Å²) in [4.78, 5) is 15.0. The summed E-state index contributed by atoms with van der Waals surface area (Å²) in [7, 11) is 0. The van der Waals surface area contributed by atoms with E-state index in [2.05, 4.69) is 16.7 Å². The van der Waals surface area contributed by atoms with Gasteiger partial charge in [0.1, 0.15) is 6.61 Å². The zero-order valence-electron chi connectivity index (χ0n) is 12.4. The van der Waals surface area contributed by atoms with Gasteiger partial charge in [0.2, 0.25) is 5.91 Å². The Hall–Kier alpha value is -2.04. The molecule has 0 unspecified atom stereocenters. The van der Waals surface area contributed by atoms with Crippen molar-refractivity contribution in [3.8, 4) is 11.8 Å². The van der Waals surface area contributed by atoms with Crippen molar-refractivity contribution < 1.29 is 23.1 Å². The quantitative estimate of drug-likeness (QED) is 0.831. The second-order valence-corrected chi connectivity index (χ2v) is 5.19. The van der Waals surface area contributed by atoms with Gasteiger partial charge < -0.3 is 10.0 Å². The van der Waals surface area contributed by atoms with E-state index in [1.807, 2.05) is 0 Å². The van der Waals surface area contributed by atoms with E-state index in [1.165, 1.54) is 12.1 Å². The number of benzene rings is 1. The van der Waals surface area contributed by atoms with Gasteiger partial charge in [0.15, 0.2) is 0 Å². The first-order valence-corrected chi connectivity index (χ1v) is 7.17. The molecule has 1 aromatic rings. The number of aliphatic hydroxyl groups is 1. The number of halogens is 3. The number of amides is 1. The molecule has 1 N–H and O–H groups in total. The van der Waals surface area contributed by atoms with E-state index in [4.69, 9.17) is 5.11 Å². The summed E-state index contributed by atoms with van der Waals surface area (Å²) in [6.45, 7) is 2.42. The molecule has 0 spiro atoms. The lowest BCUT2D eigenvalue weighted by molar-refractivity contribution is -0.137. The maximum Gasteiger partial charge on any atom is 0.416 e. The molecular weight excluding hydrogens is 309 g/mol. The van der Waals surface area contributed by atoms with Crippen LogP contribution in [-0.2, 0) is 11.0 Å². The Bertz CT molecular complexity index is 594. The molecule has 1 saturated heterocycles. The van der Waals surface area contributed by atoms with E-state index in [9.17, 15) is 18.0 Å². The van der Waals surface area contributed by atoms with Gasteiger partial charge in [-0.2, -0.15) is 13.2 Å². The van der Waals surface area contributed by atoms with Gasteiger partial charge in [0, 0.05) is 31.7 Å². The molecule has 4 nitrogen and oxygen atoms in total. The molecule has 0 bridgehead atoms. The zero-order chi connectivity index (χ0) is 16.9. The fourth-order valence-corrected chi connectivity index (χ4v) is 2.25. The number of aliphatic hydroxyl groups excluding tert-OH is 1. The standard InChI is InChI=1S/C16H17F3N2O2/c17-16(18,19)14-5-3-13(4-6-14)2-1-7-20-8-10-21(11-9-20)15(23)12-22/h3-6,22H,7-12H2. The number of piperazine rings is 1. The zero-order valence-corrected chi connectivity index (χ0v) is 12.4. The normalized spacial score (nSPS) is 15.9. The molecule has 0 atom stereocenters. The second kappa shape index (κ2) is 7.49. The van der Waals surface area contributed by atoms with Crippen LogP contribution in [0, 0.1) is 11.8 Å². The van der Waals surface area contributed by atoms with Gasteiger partial charge in [-0.3, -0.25) is 9.69 Å². The molecule has 124 valence electrons. The van der Waals surface area contributed by atoms with Crippen molar-refractivity contribution in [1.82, 2.24) is 9.80 Å². The minimum absolute atomic E-state index is 0.277. The largest absolute Gasteiger partial charge is 0.416 e. The van der Waals surface area contributed by atoms with Crippen LogP contribution in [0.4, 0.5) is 13.2 Å². The first kappa shape index (κ1) is 17.3. The molecule has 1 aromatic carbocycles. The van der Waals surface area contributed by atoms with Gasteiger partial charge in [-0.05, 0) is 24.3 Å². The van der Waals surface area contributed by atoms with Crippen molar-refractivity contribution >= 4 is 5.91 Å². The van der Waals surface area contributed by atoms with Crippen molar-refractivity contribution in [3.63, 3.8) is 0 Å².